The normalized spacial score (nSPS) is 11.7. The predicted octanol–water partition coefficient (Wildman–Crippen LogP) is 3.24. The van der Waals surface area contributed by atoms with Crippen molar-refractivity contribution in [1.29, 1.82) is 0 Å². The monoisotopic (exact) mass is 275 g/mol. The zero-order valence-electron chi connectivity index (χ0n) is 12.0. The average molecular weight is 275 g/mol. The molecule has 0 aliphatic carbocycles. The molecule has 1 aromatic rings. The zero-order chi connectivity index (χ0) is 15.1. The molecule has 0 fully saturated rings. The van der Waals surface area contributed by atoms with E-state index in [-0.39, 0.29) is 18.2 Å². The Morgan fingerprint density at radius 3 is 2.40 bits per heavy atom. The maximum atomic E-state index is 11.9. The van der Waals surface area contributed by atoms with E-state index in [9.17, 15) is 9.59 Å². The van der Waals surface area contributed by atoms with Gasteiger partial charge in [-0.2, -0.15) is 0 Å². The van der Waals surface area contributed by atoms with Crippen molar-refractivity contribution < 1.29 is 14.7 Å². The minimum Gasteiger partial charge on any atom is -0.481 e. The van der Waals surface area contributed by atoms with Gasteiger partial charge < -0.3 is 10.4 Å². The minimum absolute atomic E-state index is 0.0358. The molecule has 1 atom stereocenters. The number of rotatable bonds is 7. The summed E-state index contributed by atoms with van der Waals surface area (Å²) in [5, 5.41) is 11.5. The molecule has 0 radical (unpaired) electrons. The Labute approximate surface area is 119 Å². The minimum atomic E-state index is -0.809. The first-order chi connectivity index (χ1) is 9.38. The van der Waals surface area contributed by atoms with Gasteiger partial charge in [0.25, 0.3) is 0 Å². The van der Waals surface area contributed by atoms with Crippen LogP contribution in [0, 0.1) is 5.92 Å². The van der Waals surface area contributed by atoms with E-state index in [2.05, 4.69) is 11.9 Å². The molecule has 4 heteroatoms. The van der Waals surface area contributed by atoms with Crippen LogP contribution in [0.3, 0.4) is 0 Å². The highest BCUT2D eigenvalue weighted by Gasteiger charge is 2.12. The number of anilines is 1. The van der Waals surface area contributed by atoms with Gasteiger partial charge >= 0.3 is 5.97 Å². The first-order valence-corrected chi connectivity index (χ1v) is 6.64. The summed E-state index contributed by atoms with van der Waals surface area (Å²) < 4.78 is 0. The lowest BCUT2D eigenvalue weighted by molar-refractivity contribution is -0.137. The van der Waals surface area contributed by atoms with Crippen LogP contribution in [0.15, 0.2) is 36.4 Å². The van der Waals surface area contributed by atoms with Crippen LogP contribution in [0.5, 0.6) is 0 Å². The number of carboxylic acid groups (broad SMARTS) is 1. The van der Waals surface area contributed by atoms with Gasteiger partial charge in [-0.25, -0.2) is 0 Å². The molecule has 108 valence electrons. The number of benzene rings is 1. The lowest BCUT2D eigenvalue weighted by atomic mass is 10.0. The highest BCUT2D eigenvalue weighted by molar-refractivity contribution is 5.92. The SMILES string of the molecule is C=C(C)CC(C)C(=O)Nc1ccc(CCC(=O)O)cc1. The Morgan fingerprint density at radius 2 is 1.90 bits per heavy atom. The molecule has 0 bridgehead atoms. The number of aliphatic carboxylic acids is 1. The molecule has 0 aromatic heterocycles. The summed E-state index contributed by atoms with van der Waals surface area (Å²) in [5.74, 6) is -0.957. The molecule has 0 heterocycles. The fourth-order valence-corrected chi connectivity index (χ4v) is 1.89. The van der Waals surface area contributed by atoms with Gasteiger partial charge in [-0.05, 0) is 37.5 Å². The van der Waals surface area contributed by atoms with Gasteiger partial charge in [0, 0.05) is 18.0 Å². The third kappa shape index (κ3) is 5.69. The first kappa shape index (κ1) is 16.0. The van der Waals surface area contributed by atoms with E-state index in [1.165, 1.54) is 0 Å². The van der Waals surface area contributed by atoms with Gasteiger partial charge in [0.15, 0.2) is 0 Å². The summed E-state index contributed by atoms with van der Waals surface area (Å²) in [6, 6.07) is 7.26. The van der Waals surface area contributed by atoms with Crippen molar-refractivity contribution in [2.24, 2.45) is 5.92 Å². The fourth-order valence-electron chi connectivity index (χ4n) is 1.89. The third-order valence-corrected chi connectivity index (χ3v) is 2.95. The van der Waals surface area contributed by atoms with Gasteiger partial charge in [0.05, 0.1) is 0 Å². The number of nitrogens with one attached hydrogen (secondary N) is 1. The Kier molecular flexibility index (Phi) is 5.97. The van der Waals surface area contributed by atoms with Gasteiger partial charge in [-0.3, -0.25) is 9.59 Å². The number of amides is 1. The zero-order valence-corrected chi connectivity index (χ0v) is 12.0. The summed E-state index contributed by atoms with van der Waals surface area (Å²) in [5.41, 5.74) is 2.65. The lowest BCUT2D eigenvalue weighted by Crippen LogP contribution is -2.20. The molecular formula is C16H21NO3. The molecular weight excluding hydrogens is 254 g/mol. The topological polar surface area (TPSA) is 66.4 Å². The maximum absolute atomic E-state index is 11.9. The second-order valence-electron chi connectivity index (χ2n) is 5.14. The number of carboxylic acids is 1. The summed E-state index contributed by atoms with van der Waals surface area (Å²) in [6.07, 6.45) is 1.28. The Balaban J connectivity index is 2.54. The quantitative estimate of drug-likeness (QED) is 0.751. The van der Waals surface area contributed by atoms with Crippen LogP contribution in [0.4, 0.5) is 5.69 Å². The number of carbonyl (C=O) groups is 2. The van der Waals surface area contributed by atoms with Crippen LogP contribution in [0.1, 0.15) is 32.3 Å². The molecule has 20 heavy (non-hydrogen) atoms. The van der Waals surface area contributed by atoms with Crippen molar-refractivity contribution >= 4 is 17.6 Å². The van der Waals surface area contributed by atoms with Crippen molar-refractivity contribution in [3.8, 4) is 0 Å². The van der Waals surface area contributed by atoms with Crippen LogP contribution < -0.4 is 5.32 Å². The van der Waals surface area contributed by atoms with Crippen molar-refractivity contribution in [1.82, 2.24) is 0 Å². The second kappa shape index (κ2) is 7.48. The van der Waals surface area contributed by atoms with Crippen LogP contribution in [-0.4, -0.2) is 17.0 Å². The number of carbonyl (C=O) groups excluding carboxylic acids is 1. The maximum Gasteiger partial charge on any atom is 0.303 e. The van der Waals surface area contributed by atoms with Crippen molar-refractivity contribution in [3.63, 3.8) is 0 Å². The molecule has 4 nitrogen and oxygen atoms in total. The van der Waals surface area contributed by atoms with Crippen LogP contribution in [0.2, 0.25) is 0 Å². The first-order valence-electron chi connectivity index (χ1n) is 6.64. The molecule has 2 N–H and O–H groups in total. The van der Waals surface area contributed by atoms with E-state index in [4.69, 9.17) is 5.11 Å². The number of aryl methyl sites for hydroxylation is 1. The van der Waals surface area contributed by atoms with Crippen molar-refractivity contribution in [2.45, 2.75) is 33.1 Å². The fraction of sp³-hybridized carbons (Fsp3) is 0.375. The van der Waals surface area contributed by atoms with Gasteiger partial charge in [-0.1, -0.05) is 24.6 Å². The third-order valence-electron chi connectivity index (χ3n) is 2.95. The number of allylic oxidation sites excluding steroid dienone is 1. The van der Waals surface area contributed by atoms with Gasteiger partial charge in [0.1, 0.15) is 0 Å². The van der Waals surface area contributed by atoms with Crippen LogP contribution >= 0.6 is 0 Å². The largest absolute Gasteiger partial charge is 0.481 e. The standard InChI is InChI=1S/C16H21NO3/c1-11(2)10-12(3)16(20)17-14-7-4-13(5-8-14)6-9-15(18)19/h4-5,7-8,12H,1,6,9-10H2,2-3H3,(H,17,20)(H,18,19). The number of hydrogen-bond donors (Lipinski definition) is 2. The van der Waals surface area contributed by atoms with Gasteiger partial charge in [-0.15, -0.1) is 6.58 Å². The predicted molar refractivity (Wildman–Crippen MR) is 79.6 cm³/mol. The summed E-state index contributed by atoms with van der Waals surface area (Å²) in [4.78, 5) is 22.4. The molecule has 0 saturated heterocycles. The van der Waals surface area contributed by atoms with Crippen LogP contribution in [0.25, 0.3) is 0 Å². The highest BCUT2D eigenvalue weighted by atomic mass is 16.4. The van der Waals surface area contributed by atoms with Crippen molar-refractivity contribution in [3.05, 3.63) is 42.0 Å². The average Bonchev–Trinajstić information content (AvgIpc) is 2.37. The van der Waals surface area contributed by atoms with E-state index in [1.807, 2.05) is 26.0 Å². The van der Waals surface area contributed by atoms with Gasteiger partial charge in [0.2, 0.25) is 5.91 Å². The van der Waals surface area contributed by atoms with E-state index >= 15 is 0 Å². The lowest BCUT2D eigenvalue weighted by Gasteiger charge is -2.12. The van der Waals surface area contributed by atoms with Crippen molar-refractivity contribution in [2.75, 3.05) is 5.32 Å². The summed E-state index contributed by atoms with van der Waals surface area (Å²) in [7, 11) is 0. The smallest absolute Gasteiger partial charge is 0.303 e. The Morgan fingerprint density at radius 1 is 1.30 bits per heavy atom. The molecule has 0 saturated carbocycles. The molecule has 0 spiro atoms. The molecule has 1 unspecified atom stereocenters. The highest BCUT2D eigenvalue weighted by Crippen LogP contribution is 2.15. The van der Waals surface area contributed by atoms with Crippen LogP contribution in [-0.2, 0) is 16.0 Å². The van der Waals surface area contributed by atoms with E-state index in [0.717, 1.165) is 16.8 Å². The summed E-state index contributed by atoms with van der Waals surface area (Å²) in [6.45, 7) is 7.57. The van der Waals surface area contributed by atoms with E-state index in [1.54, 1.807) is 12.1 Å². The molecule has 0 aliphatic heterocycles. The van der Waals surface area contributed by atoms with E-state index in [0.29, 0.717) is 12.8 Å². The number of hydrogen-bond acceptors (Lipinski definition) is 2. The Bertz CT molecular complexity index is 491. The Hall–Kier alpha value is -2.10. The molecule has 1 rings (SSSR count). The summed E-state index contributed by atoms with van der Waals surface area (Å²) >= 11 is 0. The molecule has 1 aromatic carbocycles. The molecule has 0 aliphatic rings. The second-order valence-corrected chi connectivity index (χ2v) is 5.14. The van der Waals surface area contributed by atoms with E-state index < -0.39 is 5.97 Å². The molecule has 1 amide bonds.